The largest absolute Gasteiger partial charge is 0.323 e. The molecule has 0 bridgehead atoms. The minimum atomic E-state index is -3.11. The highest BCUT2D eigenvalue weighted by atomic mass is 32.2. The number of hydrogen-bond acceptors (Lipinski definition) is 3. The summed E-state index contributed by atoms with van der Waals surface area (Å²) in [7, 11) is -3.11. The standard InChI is InChI=1S/C17H20N2O3S/c1-3-13-7-9-15(10-8-13)18-17(20)19-16-6-4-5-14(11-16)12-23(2,21)22/h4-11H,3,12H2,1-2H3,(H2,18,19,20). The van der Waals surface area contributed by atoms with E-state index in [1.807, 2.05) is 24.3 Å². The van der Waals surface area contributed by atoms with E-state index in [2.05, 4.69) is 17.6 Å². The molecule has 2 aromatic carbocycles. The lowest BCUT2D eigenvalue weighted by molar-refractivity contribution is 0.262. The highest BCUT2D eigenvalue weighted by Crippen LogP contribution is 2.14. The van der Waals surface area contributed by atoms with Crippen molar-refractivity contribution >= 4 is 27.2 Å². The van der Waals surface area contributed by atoms with Crippen molar-refractivity contribution in [3.8, 4) is 0 Å². The number of aryl methyl sites for hydroxylation is 1. The van der Waals surface area contributed by atoms with Crippen LogP contribution in [0.2, 0.25) is 0 Å². The molecule has 6 heteroatoms. The molecular weight excluding hydrogens is 312 g/mol. The summed E-state index contributed by atoms with van der Waals surface area (Å²) in [5.41, 5.74) is 3.09. The zero-order valence-electron chi connectivity index (χ0n) is 13.2. The maximum atomic E-state index is 12.0. The Morgan fingerprint density at radius 1 is 0.957 bits per heavy atom. The van der Waals surface area contributed by atoms with Crippen molar-refractivity contribution in [3.63, 3.8) is 0 Å². The van der Waals surface area contributed by atoms with Crippen molar-refractivity contribution in [2.75, 3.05) is 16.9 Å². The first-order valence-electron chi connectivity index (χ1n) is 7.29. The Bertz CT molecular complexity index is 784. The average Bonchev–Trinajstić information content (AvgIpc) is 2.46. The van der Waals surface area contributed by atoms with E-state index in [1.54, 1.807) is 24.3 Å². The van der Waals surface area contributed by atoms with Crippen LogP contribution in [-0.2, 0) is 22.0 Å². The minimum Gasteiger partial charge on any atom is -0.308 e. The van der Waals surface area contributed by atoms with Crippen LogP contribution in [0.1, 0.15) is 18.1 Å². The molecule has 0 radical (unpaired) electrons. The van der Waals surface area contributed by atoms with Gasteiger partial charge in [0.25, 0.3) is 0 Å². The molecule has 0 aliphatic heterocycles. The number of anilines is 2. The SMILES string of the molecule is CCc1ccc(NC(=O)Nc2cccc(CS(C)(=O)=O)c2)cc1. The van der Waals surface area contributed by atoms with E-state index in [4.69, 9.17) is 0 Å². The highest BCUT2D eigenvalue weighted by Gasteiger charge is 2.07. The van der Waals surface area contributed by atoms with Crippen molar-refractivity contribution in [3.05, 3.63) is 59.7 Å². The molecule has 2 amide bonds. The Labute approximate surface area is 136 Å². The third kappa shape index (κ3) is 5.75. The van der Waals surface area contributed by atoms with Gasteiger partial charge in [0.15, 0.2) is 9.84 Å². The van der Waals surface area contributed by atoms with E-state index in [1.165, 1.54) is 11.8 Å². The Morgan fingerprint density at radius 3 is 2.22 bits per heavy atom. The number of benzene rings is 2. The number of sulfone groups is 1. The van der Waals surface area contributed by atoms with E-state index >= 15 is 0 Å². The normalized spacial score (nSPS) is 11.0. The molecule has 0 spiro atoms. The summed E-state index contributed by atoms with van der Waals surface area (Å²) in [6.45, 7) is 2.07. The predicted molar refractivity (Wildman–Crippen MR) is 93.5 cm³/mol. The van der Waals surface area contributed by atoms with Gasteiger partial charge in [0.2, 0.25) is 0 Å². The second-order valence-electron chi connectivity index (χ2n) is 5.40. The lowest BCUT2D eigenvalue weighted by Gasteiger charge is -2.09. The van der Waals surface area contributed by atoms with Gasteiger partial charge in [0, 0.05) is 17.6 Å². The van der Waals surface area contributed by atoms with Crippen LogP contribution in [0.4, 0.5) is 16.2 Å². The Balaban J connectivity index is 2.00. The van der Waals surface area contributed by atoms with E-state index in [0.29, 0.717) is 16.9 Å². The monoisotopic (exact) mass is 332 g/mol. The number of carbonyl (C=O) groups excluding carboxylic acids is 1. The molecule has 0 aliphatic rings. The molecule has 5 nitrogen and oxygen atoms in total. The first-order valence-corrected chi connectivity index (χ1v) is 9.35. The summed E-state index contributed by atoms with van der Waals surface area (Å²) >= 11 is 0. The smallest absolute Gasteiger partial charge is 0.308 e. The molecule has 122 valence electrons. The van der Waals surface area contributed by atoms with Gasteiger partial charge < -0.3 is 10.6 Å². The van der Waals surface area contributed by atoms with Gasteiger partial charge in [0.05, 0.1) is 5.75 Å². The quantitative estimate of drug-likeness (QED) is 0.880. The fourth-order valence-corrected chi connectivity index (χ4v) is 2.94. The molecular formula is C17H20N2O3S. The van der Waals surface area contributed by atoms with E-state index < -0.39 is 9.84 Å². The van der Waals surface area contributed by atoms with Crippen molar-refractivity contribution in [1.82, 2.24) is 0 Å². The highest BCUT2D eigenvalue weighted by molar-refractivity contribution is 7.89. The topological polar surface area (TPSA) is 75.3 Å². The van der Waals surface area contributed by atoms with Gasteiger partial charge in [-0.1, -0.05) is 31.2 Å². The van der Waals surface area contributed by atoms with Gasteiger partial charge in [-0.15, -0.1) is 0 Å². The summed E-state index contributed by atoms with van der Waals surface area (Å²) in [6.07, 6.45) is 2.12. The molecule has 2 rings (SSSR count). The first kappa shape index (κ1) is 17.0. The summed E-state index contributed by atoms with van der Waals surface area (Å²) < 4.78 is 22.7. The average molecular weight is 332 g/mol. The van der Waals surface area contributed by atoms with Crippen molar-refractivity contribution < 1.29 is 13.2 Å². The van der Waals surface area contributed by atoms with Gasteiger partial charge in [-0.3, -0.25) is 0 Å². The van der Waals surface area contributed by atoms with Gasteiger partial charge in [-0.2, -0.15) is 0 Å². The number of rotatable bonds is 5. The molecule has 0 saturated carbocycles. The van der Waals surface area contributed by atoms with Crippen LogP contribution in [0.5, 0.6) is 0 Å². The van der Waals surface area contributed by atoms with Gasteiger partial charge in [0.1, 0.15) is 0 Å². The first-order chi connectivity index (χ1) is 10.9. The summed E-state index contributed by atoms with van der Waals surface area (Å²) in [4.78, 5) is 12.0. The second kappa shape index (κ2) is 7.28. The predicted octanol–water partition coefficient (Wildman–Crippen LogP) is 3.44. The molecule has 0 atom stereocenters. The van der Waals surface area contributed by atoms with Crippen LogP contribution in [0.25, 0.3) is 0 Å². The molecule has 0 unspecified atom stereocenters. The van der Waals surface area contributed by atoms with Crippen LogP contribution < -0.4 is 10.6 Å². The van der Waals surface area contributed by atoms with Crippen molar-refractivity contribution in [2.45, 2.75) is 19.1 Å². The minimum absolute atomic E-state index is 0.0530. The second-order valence-corrected chi connectivity index (χ2v) is 7.54. The molecule has 0 aliphatic carbocycles. The van der Waals surface area contributed by atoms with Crippen molar-refractivity contribution in [2.24, 2.45) is 0 Å². The fourth-order valence-electron chi connectivity index (χ4n) is 2.16. The third-order valence-electron chi connectivity index (χ3n) is 3.23. The maximum Gasteiger partial charge on any atom is 0.323 e. The number of amides is 2. The van der Waals surface area contributed by atoms with E-state index in [0.717, 1.165) is 6.42 Å². The Morgan fingerprint density at radius 2 is 1.61 bits per heavy atom. The van der Waals surface area contributed by atoms with Crippen LogP contribution in [0, 0.1) is 0 Å². The maximum absolute atomic E-state index is 12.0. The van der Waals surface area contributed by atoms with Crippen LogP contribution in [-0.4, -0.2) is 20.7 Å². The molecule has 2 aromatic rings. The summed E-state index contributed by atoms with van der Waals surface area (Å²) in [6, 6.07) is 14.0. The van der Waals surface area contributed by atoms with E-state index in [9.17, 15) is 13.2 Å². The van der Waals surface area contributed by atoms with Gasteiger partial charge in [-0.25, -0.2) is 13.2 Å². The molecule has 0 fully saturated rings. The zero-order chi connectivity index (χ0) is 16.9. The van der Waals surface area contributed by atoms with Gasteiger partial charge in [-0.05, 0) is 41.8 Å². The Hall–Kier alpha value is -2.34. The number of nitrogens with one attached hydrogen (secondary N) is 2. The number of urea groups is 1. The lowest BCUT2D eigenvalue weighted by Crippen LogP contribution is -2.19. The molecule has 0 heterocycles. The number of carbonyl (C=O) groups is 1. The molecule has 23 heavy (non-hydrogen) atoms. The van der Waals surface area contributed by atoms with Crippen LogP contribution >= 0.6 is 0 Å². The molecule has 2 N–H and O–H groups in total. The molecule has 0 aromatic heterocycles. The Kier molecular flexibility index (Phi) is 5.39. The third-order valence-corrected chi connectivity index (χ3v) is 4.09. The van der Waals surface area contributed by atoms with Crippen LogP contribution in [0.15, 0.2) is 48.5 Å². The van der Waals surface area contributed by atoms with Gasteiger partial charge >= 0.3 is 6.03 Å². The fraction of sp³-hybridized carbons (Fsp3) is 0.235. The molecule has 0 saturated heterocycles. The lowest BCUT2D eigenvalue weighted by atomic mass is 10.1. The number of hydrogen-bond donors (Lipinski definition) is 2. The van der Waals surface area contributed by atoms with Crippen LogP contribution in [0.3, 0.4) is 0 Å². The zero-order valence-corrected chi connectivity index (χ0v) is 14.0. The summed E-state index contributed by atoms with van der Waals surface area (Å²) in [5.74, 6) is -0.0530. The van der Waals surface area contributed by atoms with Crippen molar-refractivity contribution in [1.29, 1.82) is 0 Å². The van der Waals surface area contributed by atoms with E-state index in [-0.39, 0.29) is 11.8 Å². The summed E-state index contributed by atoms with van der Waals surface area (Å²) in [5, 5.41) is 5.44.